The maximum absolute atomic E-state index is 12.3. The Hall–Kier alpha value is -1.81. The molecule has 2 N–H and O–H groups in total. The molecule has 1 saturated carbocycles. The highest BCUT2D eigenvalue weighted by atomic mass is 16.5. The first-order valence-corrected chi connectivity index (χ1v) is 7.00. The van der Waals surface area contributed by atoms with Crippen LogP contribution in [0.2, 0.25) is 0 Å². The monoisotopic (exact) mass is 275 g/mol. The number of rotatable bonds is 6. The lowest BCUT2D eigenvalue weighted by atomic mass is 10.0. The van der Waals surface area contributed by atoms with Crippen LogP contribution in [0, 0.1) is 5.92 Å². The molecule has 0 saturated heterocycles. The molecule has 2 atom stereocenters. The molecule has 0 bridgehead atoms. The van der Waals surface area contributed by atoms with Gasteiger partial charge in [-0.15, -0.1) is 0 Å². The van der Waals surface area contributed by atoms with Crippen LogP contribution in [0.1, 0.15) is 29.6 Å². The van der Waals surface area contributed by atoms with Crippen molar-refractivity contribution < 1.29 is 14.6 Å². The van der Waals surface area contributed by atoms with Gasteiger partial charge >= 0.3 is 0 Å². The van der Waals surface area contributed by atoms with E-state index in [4.69, 9.17) is 4.74 Å². The van der Waals surface area contributed by atoms with Crippen molar-refractivity contribution in [2.75, 3.05) is 13.2 Å². The minimum absolute atomic E-state index is 0.0555. The molecule has 108 valence electrons. The first-order valence-electron chi connectivity index (χ1n) is 7.00. The quantitative estimate of drug-likeness (QED) is 0.782. The standard InChI is InChI=1S/C16H21NO3/c1-2-10-20-15-9-4-3-7-13(15)16(19)17-14-8-5-6-12(14)11-18/h2-4,7,9,12,14,18H,1,5-6,8,10-11H2,(H,17,19). The minimum atomic E-state index is -0.144. The van der Waals surface area contributed by atoms with Gasteiger partial charge in [-0.1, -0.05) is 31.2 Å². The predicted octanol–water partition coefficient (Wildman–Crippen LogP) is 2.14. The number of hydrogen-bond donors (Lipinski definition) is 2. The molecule has 4 heteroatoms. The van der Waals surface area contributed by atoms with E-state index in [2.05, 4.69) is 11.9 Å². The van der Waals surface area contributed by atoms with E-state index < -0.39 is 0 Å². The number of aliphatic hydroxyl groups is 1. The molecule has 0 heterocycles. The molecule has 2 rings (SSSR count). The number of para-hydroxylation sites is 1. The molecule has 1 aromatic carbocycles. The van der Waals surface area contributed by atoms with Gasteiger partial charge in [0.2, 0.25) is 0 Å². The van der Waals surface area contributed by atoms with Gasteiger partial charge in [-0.25, -0.2) is 0 Å². The summed E-state index contributed by atoms with van der Waals surface area (Å²) in [5, 5.41) is 12.3. The van der Waals surface area contributed by atoms with Crippen molar-refractivity contribution in [2.24, 2.45) is 5.92 Å². The Bertz CT molecular complexity index is 473. The molecule has 4 nitrogen and oxygen atoms in total. The van der Waals surface area contributed by atoms with Crippen LogP contribution >= 0.6 is 0 Å². The third-order valence-electron chi connectivity index (χ3n) is 3.70. The number of hydrogen-bond acceptors (Lipinski definition) is 3. The van der Waals surface area contributed by atoms with Gasteiger partial charge in [0.15, 0.2) is 0 Å². The molecule has 0 aliphatic heterocycles. The van der Waals surface area contributed by atoms with E-state index in [9.17, 15) is 9.90 Å². The van der Waals surface area contributed by atoms with E-state index in [0.29, 0.717) is 17.9 Å². The van der Waals surface area contributed by atoms with Gasteiger partial charge in [0, 0.05) is 18.6 Å². The summed E-state index contributed by atoms with van der Waals surface area (Å²) in [6.45, 7) is 4.09. The summed E-state index contributed by atoms with van der Waals surface area (Å²) < 4.78 is 5.50. The number of carbonyl (C=O) groups is 1. The van der Waals surface area contributed by atoms with Crippen molar-refractivity contribution in [3.05, 3.63) is 42.5 Å². The maximum atomic E-state index is 12.3. The van der Waals surface area contributed by atoms with E-state index >= 15 is 0 Å². The summed E-state index contributed by atoms with van der Waals surface area (Å²) in [6.07, 6.45) is 4.58. The number of nitrogens with one attached hydrogen (secondary N) is 1. The number of aliphatic hydroxyl groups excluding tert-OH is 1. The summed E-state index contributed by atoms with van der Waals surface area (Å²) in [5.41, 5.74) is 0.526. The second-order valence-electron chi connectivity index (χ2n) is 5.05. The predicted molar refractivity (Wildman–Crippen MR) is 77.8 cm³/mol. The average Bonchev–Trinajstić information content (AvgIpc) is 2.92. The lowest BCUT2D eigenvalue weighted by molar-refractivity contribution is 0.0912. The van der Waals surface area contributed by atoms with Crippen molar-refractivity contribution in [1.29, 1.82) is 0 Å². The first kappa shape index (κ1) is 14.6. The molecule has 1 amide bonds. The number of amides is 1. The van der Waals surface area contributed by atoms with E-state index in [1.54, 1.807) is 18.2 Å². The Morgan fingerprint density at radius 3 is 3.00 bits per heavy atom. The minimum Gasteiger partial charge on any atom is -0.489 e. The summed E-state index contributed by atoms with van der Waals surface area (Å²) >= 11 is 0. The second-order valence-corrected chi connectivity index (χ2v) is 5.05. The van der Waals surface area contributed by atoms with Crippen LogP contribution in [0.3, 0.4) is 0 Å². The molecule has 0 spiro atoms. The van der Waals surface area contributed by atoms with Gasteiger partial charge in [0.05, 0.1) is 5.56 Å². The smallest absolute Gasteiger partial charge is 0.255 e. The fourth-order valence-electron chi connectivity index (χ4n) is 2.62. The van der Waals surface area contributed by atoms with Crippen LogP contribution < -0.4 is 10.1 Å². The van der Waals surface area contributed by atoms with Crippen molar-refractivity contribution in [1.82, 2.24) is 5.32 Å². The van der Waals surface area contributed by atoms with Gasteiger partial charge in [-0.3, -0.25) is 4.79 Å². The zero-order chi connectivity index (χ0) is 14.4. The van der Waals surface area contributed by atoms with E-state index in [0.717, 1.165) is 19.3 Å². The molecule has 2 unspecified atom stereocenters. The average molecular weight is 275 g/mol. The van der Waals surface area contributed by atoms with Crippen molar-refractivity contribution in [3.8, 4) is 5.75 Å². The fraction of sp³-hybridized carbons (Fsp3) is 0.438. The highest BCUT2D eigenvalue weighted by Crippen LogP contribution is 2.26. The van der Waals surface area contributed by atoms with Crippen LogP contribution in [0.15, 0.2) is 36.9 Å². The molecular formula is C16H21NO3. The Morgan fingerprint density at radius 1 is 1.45 bits per heavy atom. The van der Waals surface area contributed by atoms with Gasteiger partial charge in [-0.2, -0.15) is 0 Å². The largest absolute Gasteiger partial charge is 0.489 e. The lowest BCUT2D eigenvalue weighted by Gasteiger charge is -2.19. The van der Waals surface area contributed by atoms with Crippen LogP contribution in [0.25, 0.3) is 0 Å². The van der Waals surface area contributed by atoms with Crippen LogP contribution in [-0.4, -0.2) is 30.3 Å². The lowest BCUT2D eigenvalue weighted by Crippen LogP contribution is -2.38. The van der Waals surface area contributed by atoms with Crippen LogP contribution in [0.4, 0.5) is 0 Å². The number of ether oxygens (including phenoxy) is 1. The summed E-state index contributed by atoms with van der Waals surface area (Å²) in [5.74, 6) is 0.582. The van der Waals surface area contributed by atoms with E-state index in [1.165, 1.54) is 0 Å². The van der Waals surface area contributed by atoms with Gasteiger partial charge < -0.3 is 15.2 Å². The van der Waals surface area contributed by atoms with Crippen molar-refractivity contribution >= 4 is 5.91 Å². The van der Waals surface area contributed by atoms with Gasteiger partial charge in [-0.05, 0) is 25.0 Å². The normalized spacial score (nSPS) is 21.4. The molecule has 0 radical (unpaired) electrons. The summed E-state index contributed by atoms with van der Waals surface area (Å²) in [4.78, 5) is 12.3. The highest BCUT2D eigenvalue weighted by molar-refractivity contribution is 5.97. The molecule has 1 aliphatic rings. The Kier molecular flexibility index (Phi) is 5.18. The zero-order valence-corrected chi connectivity index (χ0v) is 11.5. The highest BCUT2D eigenvalue weighted by Gasteiger charge is 2.28. The van der Waals surface area contributed by atoms with Crippen molar-refractivity contribution in [2.45, 2.75) is 25.3 Å². The van der Waals surface area contributed by atoms with Crippen LogP contribution in [-0.2, 0) is 0 Å². The second kappa shape index (κ2) is 7.10. The maximum Gasteiger partial charge on any atom is 0.255 e. The topological polar surface area (TPSA) is 58.6 Å². The molecule has 1 fully saturated rings. The van der Waals surface area contributed by atoms with Gasteiger partial charge in [0.25, 0.3) is 5.91 Å². The SMILES string of the molecule is C=CCOc1ccccc1C(=O)NC1CCCC1CO. The zero-order valence-electron chi connectivity index (χ0n) is 11.5. The summed E-state index contributed by atoms with van der Waals surface area (Å²) in [6, 6.07) is 7.22. The number of carbonyl (C=O) groups excluding carboxylic acids is 1. The number of benzene rings is 1. The molecular weight excluding hydrogens is 254 g/mol. The van der Waals surface area contributed by atoms with Crippen LogP contribution in [0.5, 0.6) is 5.75 Å². The molecule has 20 heavy (non-hydrogen) atoms. The molecule has 1 aromatic rings. The third-order valence-corrected chi connectivity index (χ3v) is 3.70. The third kappa shape index (κ3) is 3.39. The van der Waals surface area contributed by atoms with E-state index in [1.807, 2.05) is 12.1 Å². The first-order chi connectivity index (χ1) is 9.76. The molecule has 1 aliphatic carbocycles. The fourth-order valence-corrected chi connectivity index (χ4v) is 2.62. The Morgan fingerprint density at radius 2 is 2.25 bits per heavy atom. The van der Waals surface area contributed by atoms with E-state index in [-0.39, 0.29) is 24.5 Å². The van der Waals surface area contributed by atoms with Gasteiger partial charge in [0.1, 0.15) is 12.4 Å². The molecule has 0 aromatic heterocycles. The summed E-state index contributed by atoms with van der Waals surface area (Å²) in [7, 11) is 0. The van der Waals surface area contributed by atoms with Crippen molar-refractivity contribution in [3.63, 3.8) is 0 Å². The Balaban J connectivity index is 2.06. The Labute approximate surface area is 119 Å².